The van der Waals surface area contributed by atoms with Gasteiger partial charge in [-0.15, -0.1) is 5.10 Å². The van der Waals surface area contributed by atoms with Crippen LogP contribution in [0, 0.1) is 0 Å². The van der Waals surface area contributed by atoms with Gasteiger partial charge in [-0.25, -0.2) is 4.98 Å². The number of nitrogens with one attached hydrogen (secondary N) is 1. The molecular weight excluding hydrogens is 396 g/mol. The lowest BCUT2D eigenvalue weighted by Gasteiger charge is -2.16. The minimum atomic E-state index is 0.246. The molecule has 0 unspecified atom stereocenters. The number of hydrogen-bond donors (Lipinski definition) is 1. The molecule has 0 radical (unpaired) electrons. The molecule has 0 bridgehead atoms. The van der Waals surface area contributed by atoms with Crippen molar-refractivity contribution in [1.29, 1.82) is 0 Å². The lowest BCUT2D eigenvalue weighted by molar-refractivity contribution is 0.697. The highest BCUT2D eigenvalue weighted by Gasteiger charge is 2.15. The van der Waals surface area contributed by atoms with Gasteiger partial charge in [0.2, 0.25) is 0 Å². The summed E-state index contributed by atoms with van der Waals surface area (Å²) in [6.45, 7) is 2.19. The molecule has 0 amide bonds. The van der Waals surface area contributed by atoms with Crippen LogP contribution in [0.5, 0.6) is 0 Å². The first kappa shape index (κ1) is 19.9. The maximum absolute atomic E-state index is 4.78. The number of rotatable bonds is 7. The Morgan fingerprint density at radius 3 is 2.38 bits per heavy atom. The van der Waals surface area contributed by atoms with Gasteiger partial charge in [-0.2, -0.15) is 9.50 Å². The van der Waals surface area contributed by atoms with Gasteiger partial charge in [0.15, 0.2) is 5.82 Å². The highest BCUT2D eigenvalue weighted by atomic mass is 15.4. The molecule has 1 N–H and O–H groups in total. The maximum Gasteiger partial charge on any atom is 0.255 e. The maximum atomic E-state index is 4.78. The summed E-state index contributed by atoms with van der Waals surface area (Å²) < 4.78 is 1.79. The first-order valence-corrected chi connectivity index (χ1v) is 10.8. The van der Waals surface area contributed by atoms with E-state index < -0.39 is 0 Å². The summed E-state index contributed by atoms with van der Waals surface area (Å²) in [7, 11) is 0. The number of anilines is 1. The van der Waals surface area contributed by atoms with Crippen LogP contribution < -0.4 is 5.32 Å². The van der Waals surface area contributed by atoms with Gasteiger partial charge in [0, 0.05) is 35.6 Å². The highest BCUT2D eigenvalue weighted by molar-refractivity contribution is 5.66. The van der Waals surface area contributed by atoms with Gasteiger partial charge < -0.3 is 5.32 Å². The third kappa shape index (κ3) is 4.34. The van der Waals surface area contributed by atoms with Gasteiger partial charge in [-0.05, 0) is 37.5 Å². The van der Waals surface area contributed by atoms with Crippen molar-refractivity contribution in [3.63, 3.8) is 0 Å². The van der Waals surface area contributed by atoms with Gasteiger partial charge >= 0.3 is 0 Å². The number of aromatic nitrogens is 5. The molecule has 0 spiro atoms. The topological polar surface area (TPSA) is 68.0 Å². The van der Waals surface area contributed by atoms with Crippen molar-refractivity contribution >= 4 is 11.6 Å². The molecule has 1 atom stereocenters. The van der Waals surface area contributed by atoms with E-state index >= 15 is 0 Å². The molecule has 158 valence electrons. The van der Waals surface area contributed by atoms with Crippen molar-refractivity contribution in [2.24, 2.45) is 0 Å². The Morgan fingerprint density at radius 1 is 0.875 bits per heavy atom. The third-order valence-electron chi connectivity index (χ3n) is 5.40. The summed E-state index contributed by atoms with van der Waals surface area (Å²) >= 11 is 0. The van der Waals surface area contributed by atoms with Crippen LogP contribution in [0.2, 0.25) is 0 Å². The summed E-state index contributed by atoms with van der Waals surface area (Å²) in [6.07, 6.45) is 5.51. The van der Waals surface area contributed by atoms with Gasteiger partial charge in [-0.1, -0.05) is 60.7 Å². The van der Waals surface area contributed by atoms with Crippen molar-refractivity contribution in [3.05, 3.63) is 96.8 Å². The standard InChI is InChI=1S/C26H24N6/c1-19(14-15-20-9-4-2-5-10-20)28-24-17-23(21-11-6-3-7-12-21)29-26-30-25(31-32(24)26)22-13-8-16-27-18-22/h2-13,16-19,28H,14-15H2,1H3/t19-/m0/s1. The van der Waals surface area contributed by atoms with E-state index in [1.54, 1.807) is 16.9 Å². The van der Waals surface area contributed by atoms with E-state index in [-0.39, 0.29) is 6.04 Å². The summed E-state index contributed by atoms with van der Waals surface area (Å²) in [4.78, 5) is 13.7. The second-order valence-electron chi connectivity index (χ2n) is 7.85. The molecule has 6 nitrogen and oxygen atoms in total. The molecule has 5 rings (SSSR count). The Labute approximate surface area is 187 Å². The van der Waals surface area contributed by atoms with Gasteiger partial charge in [-0.3, -0.25) is 4.98 Å². The van der Waals surface area contributed by atoms with E-state index in [1.165, 1.54) is 5.56 Å². The van der Waals surface area contributed by atoms with Crippen LogP contribution in [-0.4, -0.2) is 30.6 Å². The predicted molar refractivity (Wildman–Crippen MR) is 127 cm³/mol. The lowest BCUT2D eigenvalue weighted by atomic mass is 10.1. The summed E-state index contributed by atoms with van der Waals surface area (Å²) in [6, 6.07) is 26.8. The van der Waals surface area contributed by atoms with E-state index in [0.29, 0.717) is 11.6 Å². The van der Waals surface area contributed by atoms with E-state index in [0.717, 1.165) is 35.5 Å². The average Bonchev–Trinajstić information content (AvgIpc) is 3.29. The fourth-order valence-corrected chi connectivity index (χ4v) is 3.70. The second-order valence-corrected chi connectivity index (χ2v) is 7.85. The molecule has 32 heavy (non-hydrogen) atoms. The first-order chi connectivity index (χ1) is 15.8. The second kappa shape index (κ2) is 8.98. The van der Waals surface area contributed by atoms with Crippen LogP contribution >= 0.6 is 0 Å². The van der Waals surface area contributed by atoms with Gasteiger partial charge in [0.05, 0.1) is 5.69 Å². The van der Waals surface area contributed by atoms with Crippen LogP contribution in [0.1, 0.15) is 18.9 Å². The fourth-order valence-electron chi connectivity index (χ4n) is 3.70. The average molecular weight is 421 g/mol. The van der Waals surface area contributed by atoms with Crippen LogP contribution in [0.25, 0.3) is 28.4 Å². The lowest BCUT2D eigenvalue weighted by Crippen LogP contribution is -2.18. The van der Waals surface area contributed by atoms with Gasteiger partial charge in [0.1, 0.15) is 5.82 Å². The van der Waals surface area contributed by atoms with Crippen LogP contribution in [0.15, 0.2) is 91.3 Å². The molecule has 0 saturated carbocycles. The van der Waals surface area contributed by atoms with Crippen molar-refractivity contribution in [3.8, 4) is 22.6 Å². The Bertz CT molecular complexity index is 1300. The highest BCUT2D eigenvalue weighted by Crippen LogP contribution is 2.24. The Balaban J connectivity index is 1.49. The van der Waals surface area contributed by atoms with Crippen LogP contribution in [-0.2, 0) is 6.42 Å². The van der Waals surface area contributed by atoms with Crippen LogP contribution in [0.3, 0.4) is 0 Å². The first-order valence-electron chi connectivity index (χ1n) is 10.8. The van der Waals surface area contributed by atoms with E-state index in [2.05, 4.69) is 59.7 Å². The number of hydrogen-bond acceptors (Lipinski definition) is 5. The molecule has 0 aliphatic carbocycles. The molecule has 0 saturated heterocycles. The van der Waals surface area contributed by atoms with E-state index in [4.69, 9.17) is 15.1 Å². The predicted octanol–water partition coefficient (Wildman–Crippen LogP) is 5.29. The zero-order valence-electron chi connectivity index (χ0n) is 17.9. The minimum absolute atomic E-state index is 0.246. The largest absolute Gasteiger partial charge is 0.367 e. The number of aryl methyl sites for hydroxylation is 1. The summed E-state index contributed by atoms with van der Waals surface area (Å²) in [5.74, 6) is 2.04. The van der Waals surface area contributed by atoms with E-state index in [1.807, 2.05) is 36.4 Å². The SMILES string of the molecule is C[C@@H](CCc1ccccc1)Nc1cc(-c2ccccc2)nc2nc(-c3cccnc3)nn12. The summed E-state index contributed by atoms with van der Waals surface area (Å²) in [5, 5.41) is 8.36. The quantitative estimate of drug-likeness (QED) is 0.388. The molecule has 2 aromatic carbocycles. The van der Waals surface area contributed by atoms with Gasteiger partial charge in [0.25, 0.3) is 5.78 Å². The Kier molecular flexibility index (Phi) is 5.58. The molecular formula is C26H24N6. The van der Waals surface area contributed by atoms with Crippen LogP contribution in [0.4, 0.5) is 5.82 Å². The number of benzene rings is 2. The van der Waals surface area contributed by atoms with E-state index in [9.17, 15) is 0 Å². The Morgan fingerprint density at radius 2 is 1.62 bits per heavy atom. The Hall–Kier alpha value is -4.06. The van der Waals surface area contributed by atoms with Crippen molar-refractivity contribution in [2.75, 3.05) is 5.32 Å². The smallest absolute Gasteiger partial charge is 0.255 e. The third-order valence-corrected chi connectivity index (χ3v) is 5.40. The minimum Gasteiger partial charge on any atom is -0.367 e. The molecule has 0 aliphatic heterocycles. The number of fused-ring (bicyclic) bond motifs is 1. The molecule has 3 heterocycles. The molecule has 0 aliphatic rings. The molecule has 5 aromatic rings. The molecule has 3 aromatic heterocycles. The zero-order chi connectivity index (χ0) is 21.8. The fraction of sp³-hybridized carbons (Fsp3) is 0.154. The summed E-state index contributed by atoms with van der Waals surface area (Å²) in [5.41, 5.74) is 4.11. The number of pyridine rings is 1. The monoisotopic (exact) mass is 420 g/mol. The normalized spacial score (nSPS) is 12.0. The molecule has 0 fully saturated rings. The van der Waals surface area contributed by atoms with Crippen molar-refractivity contribution in [2.45, 2.75) is 25.8 Å². The molecule has 6 heteroatoms. The number of nitrogens with zero attached hydrogens (tertiary/aromatic N) is 5. The zero-order valence-corrected chi connectivity index (χ0v) is 17.9. The van der Waals surface area contributed by atoms with Crippen molar-refractivity contribution in [1.82, 2.24) is 24.6 Å². The van der Waals surface area contributed by atoms with Crippen molar-refractivity contribution < 1.29 is 0 Å².